The minimum atomic E-state index is -1.10. The van der Waals surface area contributed by atoms with Gasteiger partial charge >= 0.3 is 0 Å². The summed E-state index contributed by atoms with van der Waals surface area (Å²) in [7, 11) is 0. The zero-order valence-corrected chi connectivity index (χ0v) is 11.8. The second kappa shape index (κ2) is 6.06. The molecule has 3 nitrogen and oxygen atoms in total. The van der Waals surface area contributed by atoms with Gasteiger partial charge in [0, 0.05) is 19.2 Å². The van der Waals surface area contributed by atoms with Crippen molar-refractivity contribution in [3.05, 3.63) is 34.4 Å². The summed E-state index contributed by atoms with van der Waals surface area (Å²) in [5.74, 6) is -2.59. The minimum absolute atomic E-state index is 0.00200. The zero-order chi connectivity index (χ0) is 14.9. The van der Waals surface area contributed by atoms with Gasteiger partial charge in [-0.15, -0.1) is 0 Å². The highest BCUT2D eigenvalue weighted by Gasteiger charge is 2.30. The van der Waals surface area contributed by atoms with E-state index in [-0.39, 0.29) is 29.2 Å². The van der Waals surface area contributed by atoms with Crippen LogP contribution < -0.4 is 0 Å². The maximum atomic E-state index is 13.3. The molecule has 1 aromatic rings. The summed E-state index contributed by atoms with van der Waals surface area (Å²) in [5.41, 5.74) is -0.0454. The number of halogens is 3. The molecule has 110 valence electrons. The highest BCUT2D eigenvalue weighted by molar-refractivity contribution is 6.33. The molecule has 1 heterocycles. The summed E-state index contributed by atoms with van der Waals surface area (Å²) in [6.07, 6.45) is 1.60. The summed E-state index contributed by atoms with van der Waals surface area (Å²) in [4.78, 5) is 14.0. The summed E-state index contributed by atoms with van der Waals surface area (Å²) in [5, 5.41) is 9.10. The molecule has 0 aromatic heterocycles. The van der Waals surface area contributed by atoms with Crippen LogP contribution in [0.2, 0.25) is 5.02 Å². The van der Waals surface area contributed by atoms with E-state index in [1.807, 2.05) is 6.92 Å². The van der Waals surface area contributed by atoms with Gasteiger partial charge in [0.15, 0.2) is 11.6 Å². The normalized spacial score (nSPS) is 22.9. The van der Waals surface area contributed by atoms with Crippen LogP contribution in [0, 0.1) is 17.6 Å². The van der Waals surface area contributed by atoms with Crippen LogP contribution in [0.15, 0.2) is 12.1 Å². The van der Waals surface area contributed by atoms with Crippen molar-refractivity contribution in [2.45, 2.75) is 25.8 Å². The number of aliphatic hydroxyl groups excluding tert-OH is 1. The monoisotopic (exact) mass is 303 g/mol. The lowest BCUT2D eigenvalue weighted by Gasteiger charge is -2.37. The Bertz CT molecular complexity index is 524. The quantitative estimate of drug-likeness (QED) is 0.854. The first-order valence-electron chi connectivity index (χ1n) is 6.50. The number of carbonyl (C=O) groups is 1. The van der Waals surface area contributed by atoms with Crippen LogP contribution in [0.25, 0.3) is 0 Å². The van der Waals surface area contributed by atoms with Crippen molar-refractivity contribution in [3.8, 4) is 0 Å². The standard InChI is InChI=1S/C14H16ClF2NO2/c1-8-2-3-9(7-19)6-18(8)14(20)10-4-12(16)13(17)5-11(10)15/h4-5,8-9,19H,2-3,6-7H2,1H3. The molecule has 2 rings (SSSR count). The lowest BCUT2D eigenvalue weighted by atomic mass is 9.93. The second-order valence-corrected chi connectivity index (χ2v) is 5.59. The molecule has 0 saturated carbocycles. The van der Waals surface area contributed by atoms with Gasteiger partial charge in [0.25, 0.3) is 5.91 Å². The topological polar surface area (TPSA) is 40.5 Å². The van der Waals surface area contributed by atoms with Crippen molar-refractivity contribution in [3.63, 3.8) is 0 Å². The number of nitrogens with zero attached hydrogens (tertiary/aromatic N) is 1. The van der Waals surface area contributed by atoms with Crippen LogP contribution in [0.5, 0.6) is 0 Å². The molecule has 1 fully saturated rings. The van der Waals surface area contributed by atoms with E-state index in [0.717, 1.165) is 25.0 Å². The van der Waals surface area contributed by atoms with E-state index in [0.29, 0.717) is 6.54 Å². The van der Waals surface area contributed by atoms with Gasteiger partial charge < -0.3 is 10.0 Å². The van der Waals surface area contributed by atoms with Crippen molar-refractivity contribution >= 4 is 17.5 Å². The fraction of sp³-hybridized carbons (Fsp3) is 0.500. The zero-order valence-electron chi connectivity index (χ0n) is 11.1. The van der Waals surface area contributed by atoms with Crippen LogP contribution in [-0.4, -0.2) is 35.1 Å². The largest absolute Gasteiger partial charge is 0.396 e. The number of likely N-dealkylation sites (tertiary alicyclic amines) is 1. The van der Waals surface area contributed by atoms with Crippen molar-refractivity contribution in [1.29, 1.82) is 0 Å². The van der Waals surface area contributed by atoms with Crippen LogP contribution in [0.1, 0.15) is 30.1 Å². The van der Waals surface area contributed by atoms with Crippen LogP contribution in [0.4, 0.5) is 8.78 Å². The molecule has 0 spiro atoms. The lowest BCUT2D eigenvalue weighted by Crippen LogP contribution is -2.46. The molecule has 2 atom stereocenters. The average molecular weight is 304 g/mol. The smallest absolute Gasteiger partial charge is 0.255 e. The number of amides is 1. The third kappa shape index (κ3) is 2.94. The van der Waals surface area contributed by atoms with E-state index in [4.69, 9.17) is 11.6 Å². The van der Waals surface area contributed by atoms with E-state index in [1.54, 1.807) is 4.90 Å². The SMILES string of the molecule is CC1CCC(CO)CN1C(=O)c1cc(F)c(F)cc1Cl. The third-order valence-corrected chi connectivity index (χ3v) is 4.05. The van der Waals surface area contributed by atoms with Crippen molar-refractivity contribution in [2.24, 2.45) is 5.92 Å². The van der Waals surface area contributed by atoms with Gasteiger partial charge in [-0.1, -0.05) is 11.6 Å². The van der Waals surface area contributed by atoms with Crippen LogP contribution >= 0.6 is 11.6 Å². The van der Waals surface area contributed by atoms with Crippen molar-refractivity contribution < 1.29 is 18.7 Å². The van der Waals surface area contributed by atoms with Gasteiger partial charge in [-0.3, -0.25) is 4.79 Å². The Labute approximate surface area is 121 Å². The number of hydrogen-bond acceptors (Lipinski definition) is 2. The van der Waals surface area contributed by atoms with Gasteiger partial charge in [0.05, 0.1) is 10.6 Å². The fourth-order valence-corrected chi connectivity index (χ4v) is 2.69. The van der Waals surface area contributed by atoms with Gasteiger partial charge in [0.2, 0.25) is 0 Å². The molecule has 1 saturated heterocycles. The highest BCUT2D eigenvalue weighted by atomic mass is 35.5. The molecule has 1 aromatic carbocycles. The Kier molecular flexibility index (Phi) is 4.60. The van der Waals surface area contributed by atoms with E-state index in [2.05, 4.69) is 0 Å². The molecular weight excluding hydrogens is 288 g/mol. The van der Waals surface area contributed by atoms with Gasteiger partial charge in [-0.25, -0.2) is 8.78 Å². The predicted molar refractivity (Wildman–Crippen MR) is 71.7 cm³/mol. The summed E-state index contributed by atoms with van der Waals surface area (Å²) in [6.45, 7) is 2.28. The number of benzene rings is 1. The maximum Gasteiger partial charge on any atom is 0.255 e. The number of piperidine rings is 1. The first-order valence-corrected chi connectivity index (χ1v) is 6.88. The van der Waals surface area contributed by atoms with Gasteiger partial charge in [0.1, 0.15) is 0 Å². The second-order valence-electron chi connectivity index (χ2n) is 5.18. The van der Waals surface area contributed by atoms with Crippen molar-refractivity contribution in [1.82, 2.24) is 4.90 Å². The maximum absolute atomic E-state index is 13.3. The molecule has 1 aliphatic rings. The molecule has 1 N–H and O–H groups in total. The molecule has 0 aliphatic carbocycles. The number of carbonyl (C=O) groups excluding carboxylic acids is 1. The average Bonchev–Trinajstić information content (AvgIpc) is 2.42. The lowest BCUT2D eigenvalue weighted by molar-refractivity contribution is 0.0488. The highest BCUT2D eigenvalue weighted by Crippen LogP contribution is 2.27. The Morgan fingerprint density at radius 2 is 2.05 bits per heavy atom. The molecule has 20 heavy (non-hydrogen) atoms. The number of hydrogen-bond donors (Lipinski definition) is 1. The van der Waals surface area contributed by atoms with E-state index < -0.39 is 17.5 Å². The molecule has 6 heteroatoms. The Morgan fingerprint density at radius 1 is 1.40 bits per heavy atom. The van der Waals surface area contributed by atoms with Crippen molar-refractivity contribution in [2.75, 3.05) is 13.2 Å². The Morgan fingerprint density at radius 3 is 2.70 bits per heavy atom. The summed E-state index contributed by atoms with van der Waals surface area (Å²) >= 11 is 5.83. The first kappa shape index (κ1) is 15.2. The molecule has 1 aliphatic heterocycles. The third-order valence-electron chi connectivity index (χ3n) is 3.74. The van der Waals surface area contributed by atoms with Crippen LogP contribution in [0.3, 0.4) is 0 Å². The minimum Gasteiger partial charge on any atom is -0.396 e. The number of rotatable bonds is 2. The predicted octanol–water partition coefficient (Wildman–Crippen LogP) is 2.85. The molecule has 0 radical (unpaired) electrons. The van der Waals surface area contributed by atoms with Gasteiger partial charge in [-0.2, -0.15) is 0 Å². The Balaban J connectivity index is 2.28. The van der Waals surface area contributed by atoms with E-state index in [9.17, 15) is 18.7 Å². The summed E-state index contributed by atoms with van der Waals surface area (Å²) in [6, 6.07) is 1.62. The number of aliphatic hydroxyl groups is 1. The van der Waals surface area contributed by atoms with Gasteiger partial charge in [-0.05, 0) is 37.8 Å². The van der Waals surface area contributed by atoms with E-state index in [1.165, 1.54) is 0 Å². The molecule has 2 unspecified atom stereocenters. The summed E-state index contributed by atoms with van der Waals surface area (Å²) < 4.78 is 26.3. The molecule has 1 amide bonds. The fourth-order valence-electron chi connectivity index (χ4n) is 2.46. The van der Waals surface area contributed by atoms with Crippen LogP contribution in [-0.2, 0) is 0 Å². The molecule has 0 bridgehead atoms. The molecular formula is C14H16ClF2NO2. The first-order chi connectivity index (χ1) is 9.43. The van der Waals surface area contributed by atoms with E-state index >= 15 is 0 Å². The Hall–Kier alpha value is -1.20.